The molecule has 0 aliphatic rings. The lowest BCUT2D eigenvalue weighted by molar-refractivity contribution is -0.121. The Morgan fingerprint density at radius 1 is 0.963 bits per heavy atom. The highest BCUT2D eigenvalue weighted by Gasteiger charge is 2.12. The summed E-state index contributed by atoms with van der Waals surface area (Å²) in [5.74, 6) is 1.10. The topological polar surface area (TPSA) is 93.7 Å². The molecule has 146 valence electrons. The molecule has 0 bridgehead atoms. The Labute approximate surface area is 159 Å². The molecule has 0 radical (unpaired) electrons. The van der Waals surface area contributed by atoms with Crippen molar-refractivity contribution in [3.05, 3.63) is 54.1 Å². The van der Waals surface area contributed by atoms with Crippen molar-refractivity contribution in [1.82, 2.24) is 10.0 Å². The van der Waals surface area contributed by atoms with E-state index >= 15 is 0 Å². The van der Waals surface area contributed by atoms with Gasteiger partial charge in [0, 0.05) is 19.5 Å². The first-order valence-corrected chi connectivity index (χ1v) is 9.97. The number of aryl methyl sites for hydroxylation is 1. The maximum atomic E-state index is 12.1. The zero-order valence-corrected chi connectivity index (χ0v) is 16.2. The van der Waals surface area contributed by atoms with Crippen molar-refractivity contribution in [2.75, 3.05) is 27.3 Å². The van der Waals surface area contributed by atoms with Gasteiger partial charge in [0.1, 0.15) is 0 Å². The van der Waals surface area contributed by atoms with Gasteiger partial charge >= 0.3 is 0 Å². The standard InChI is InChI=1S/C19H24N2O5S/c1-25-17-10-8-15(14-18(17)26-2)9-11-19(22)20-12-13-21-27(23,24)16-6-4-3-5-7-16/h3-8,10,14,21H,9,11-13H2,1-2H3,(H,20,22). The number of rotatable bonds is 10. The van der Waals surface area contributed by atoms with Gasteiger partial charge in [-0.1, -0.05) is 24.3 Å². The van der Waals surface area contributed by atoms with Crippen molar-refractivity contribution >= 4 is 15.9 Å². The zero-order chi connectivity index (χ0) is 19.7. The molecule has 0 atom stereocenters. The molecule has 1 amide bonds. The van der Waals surface area contributed by atoms with E-state index in [-0.39, 0.29) is 23.9 Å². The summed E-state index contributed by atoms with van der Waals surface area (Å²) in [7, 11) is -0.428. The van der Waals surface area contributed by atoms with Gasteiger partial charge in [0.2, 0.25) is 15.9 Å². The van der Waals surface area contributed by atoms with E-state index in [1.165, 1.54) is 12.1 Å². The van der Waals surface area contributed by atoms with Crippen molar-refractivity contribution < 1.29 is 22.7 Å². The summed E-state index contributed by atoms with van der Waals surface area (Å²) in [6.07, 6.45) is 0.836. The summed E-state index contributed by atoms with van der Waals surface area (Å²) in [6, 6.07) is 13.6. The van der Waals surface area contributed by atoms with Crippen LogP contribution in [0.2, 0.25) is 0 Å². The number of ether oxygens (including phenoxy) is 2. The van der Waals surface area contributed by atoms with Crippen LogP contribution in [0.1, 0.15) is 12.0 Å². The maximum absolute atomic E-state index is 12.1. The molecule has 0 fully saturated rings. The van der Waals surface area contributed by atoms with Crippen molar-refractivity contribution in [3.8, 4) is 11.5 Å². The molecule has 0 unspecified atom stereocenters. The second kappa shape index (κ2) is 9.94. The van der Waals surface area contributed by atoms with E-state index in [1.807, 2.05) is 12.1 Å². The molecule has 2 N–H and O–H groups in total. The molecular formula is C19H24N2O5S. The van der Waals surface area contributed by atoms with Crippen molar-refractivity contribution in [2.45, 2.75) is 17.7 Å². The molecule has 2 aromatic carbocycles. The molecule has 2 aromatic rings. The second-order valence-corrected chi connectivity index (χ2v) is 7.52. The van der Waals surface area contributed by atoms with Crippen LogP contribution < -0.4 is 19.5 Å². The number of carbonyl (C=O) groups excluding carboxylic acids is 1. The highest BCUT2D eigenvalue weighted by atomic mass is 32.2. The van der Waals surface area contributed by atoms with Crippen LogP contribution in [0.15, 0.2) is 53.4 Å². The molecule has 0 spiro atoms. The lowest BCUT2D eigenvalue weighted by atomic mass is 10.1. The third-order valence-corrected chi connectivity index (χ3v) is 5.36. The molecule has 0 heterocycles. The molecule has 0 saturated heterocycles. The molecule has 2 rings (SSSR count). The molecule has 0 aliphatic heterocycles. The fourth-order valence-electron chi connectivity index (χ4n) is 2.45. The van der Waals surface area contributed by atoms with Crippen molar-refractivity contribution in [3.63, 3.8) is 0 Å². The van der Waals surface area contributed by atoms with Gasteiger partial charge in [-0.2, -0.15) is 0 Å². The van der Waals surface area contributed by atoms with E-state index in [2.05, 4.69) is 10.0 Å². The first-order chi connectivity index (χ1) is 13.0. The normalized spacial score (nSPS) is 11.0. The van der Waals surface area contributed by atoms with Crippen LogP contribution in [0.4, 0.5) is 0 Å². The number of sulfonamides is 1. The Morgan fingerprint density at radius 3 is 2.33 bits per heavy atom. The monoisotopic (exact) mass is 392 g/mol. The van der Waals surface area contributed by atoms with E-state index in [0.717, 1.165) is 5.56 Å². The third kappa shape index (κ3) is 6.26. The van der Waals surface area contributed by atoms with Crippen LogP contribution in [0.5, 0.6) is 11.5 Å². The van der Waals surface area contributed by atoms with Gasteiger partial charge in [-0.15, -0.1) is 0 Å². The van der Waals surface area contributed by atoms with Crippen molar-refractivity contribution in [2.24, 2.45) is 0 Å². The minimum Gasteiger partial charge on any atom is -0.493 e. The van der Waals surface area contributed by atoms with Gasteiger partial charge < -0.3 is 14.8 Å². The predicted molar refractivity (Wildman–Crippen MR) is 103 cm³/mol. The average molecular weight is 392 g/mol. The Kier molecular flexibility index (Phi) is 7.63. The number of hydrogen-bond acceptors (Lipinski definition) is 5. The Morgan fingerprint density at radius 2 is 1.67 bits per heavy atom. The summed E-state index contributed by atoms with van der Waals surface area (Å²) >= 11 is 0. The van der Waals surface area contributed by atoms with Gasteiger partial charge in [0.25, 0.3) is 0 Å². The molecule has 0 saturated carbocycles. The minimum absolute atomic E-state index is 0.124. The van der Waals surface area contributed by atoms with Gasteiger partial charge in [0.15, 0.2) is 11.5 Å². The van der Waals surface area contributed by atoms with Gasteiger partial charge in [-0.25, -0.2) is 13.1 Å². The number of nitrogens with one attached hydrogen (secondary N) is 2. The lowest BCUT2D eigenvalue weighted by Gasteiger charge is -2.10. The number of amides is 1. The second-order valence-electron chi connectivity index (χ2n) is 5.75. The average Bonchev–Trinajstić information content (AvgIpc) is 2.70. The summed E-state index contributed by atoms with van der Waals surface area (Å²) in [5, 5.41) is 2.71. The SMILES string of the molecule is COc1ccc(CCC(=O)NCCNS(=O)(=O)c2ccccc2)cc1OC. The fraction of sp³-hybridized carbons (Fsp3) is 0.316. The Bertz CT molecular complexity index is 854. The Hall–Kier alpha value is -2.58. The highest BCUT2D eigenvalue weighted by Crippen LogP contribution is 2.27. The summed E-state index contributed by atoms with van der Waals surface area (Å²) in [5.41, 5.74) is 0.951. The van der Waals surface area contributed by atoms with E-state index in [4.69, 9.17) is 9.47 Å². The maximum Gasteiger partial charge on any atom is 0.240 e. The van der Waals surface area contributed by atoms with Crippen LogP contribution in [0.25, 0.3) is 0 Å². The van der Waals surface area contributed by atoms with Crippen LogP contribution in [-0.4, -0.2) is 41.6 Å². The molecule has 0 aromatic heterocycles. The van der Waals surface area contributed by atoms with Crippen molar-refractivity contribution in [1.29, 1.82) is 0 Å². The smallest absolute Gasteiger partial charge is 0.240 e. The third-order valence-electron chi connectivity index (χ3n) is 3.88. The quantitative estimate of drug-likeness (QED) is 0.601. The summed E-state index contributed by atoms with van der Waals surface area (Å²) in [6.45, 7) is 0.343. The van der Waals surface area contributed by atoms with Crippen LogP contribution in [0.3, 0.4) is 0 Å². The number of hydrogen-bond donors (Lipinski definition) is 2. The molecule has 27 heavy (non-hydrogen) atoms. The first-order valence-electron chi connectivity index (χ1n) is 8.48. The molecule has 0 aliphatic carbocycles. The first kappa shape index (κ1) is 20.7. The fourth-order valence-corrected chi connectivity index (χ4v) is 3.51. The number of methoxy groups -OCH3 is 2. The lowest BCUT2D eigenvalue weighted by Crippen LogP contribution is -2.34. The van der Waals surface area contributed by atoms with Crippen LogP contribution in [0, 0.1) is 0 Å². The summed E-state index contributed by atoms with van der Waals surface area (Å²) < 4.78 is 37.0. The molecule has 7 nitrogen and oxygen atoms in total. The van der Waals surface area contributed by atoms with Gasteiger partial charge in [-0.3, -0.25) is 4.79 Å². The van der Waals surface area contributed by atoms with E-state index in [1.54, 1.807) is 38.5 Å². The molecular weight excluding hydrogens is 368 g/mol. The molecule has 8 heteroatoms. The van der Waals surface area contributed by atoms with E-state index in [0.29, 0.717) is 24.3 Å². The van der Waals surface area contributed by atoms with E-state index in [9.17, 15) is 13.2 Å². The van der Waals surface area contributed by atoms with Gasteiger partial charge in [-0.05, 0) is 36.2 Å². The van der Waals surface area contributed by atoms with Crippen LogP contribution in [-0.2, 0) is 21.2 Å². The largest absolute Gasteiger partial charge is 0.493 e. The van der Waals surface area contributed by atoms with E-state index < -0.39 is 10.0 Å². The Balaban J connectivity index is 1.74. The number of benzene rings is 2. The number of carbonyl (C=O) groups is 1. The van der Waals surface area contributed by atoms with Gasteiger partial charge in [0.05, 0.1) is 19.1 Å². The summed E-state index contributed by atoms with van der Waals surface area (Å²) in [4.78, 5) is 12.1. The minimum atomic E-state index is -3.55. The highest BCUT2D eigenvalue weighted by molar-refractivity contribution is 7.89. The predicted octanol–water partition coefficient (Wildman–Crippen LogP) is 1.73. The van der Waals surface area contributed by atoms with Crippen LogP contribution >= 0.6 is 0 Å². The zero-order valence-electron chi connectivity index (χ0n) is 15.4.